The van der Waals surface area contributed by atoms with Gasteiger partial charge in [-0.05, 0) is 35.6 Å². The Bertz CT molecular complexity index is 1070. The zero-order valence-electron chi connectivity index (χ0n) is 20.1. The summed E-state index contributed by atoms with van der Waals surface area (Å²) >= 11 is 0. The first-order valence-electron chi connectivity index (χ1n) is 12.1. The largest absolute Gasteiger partial charge is 0.343 e. The number of carbonyl (C=O) groups is 2. The number of carbonyl (C=O) groups excluding carboxylic acids is 2. The summed E-state index contributed by atoms with van der Waals surface area (Å²) in [5.41, 5.74) is 3.48. The van der Waals surface area contributed by atoms with Crippen molar-refractivity contribution < 1.29 is 9.59 Å². The lowest BCUT2D eigenvalue weighted by Crippen LogP contribution is -2.66. The van der Waals surface area contributed by atoms with E-state index in [1.807, 2.05) is 42.5 Å². The van der Waals surface area contributed by atoms with E-state index in [9.17, 15) is 9.59 Å². The molecule has 3 fully saturated rings. The van der Waals surface area contributed by atoms with Crippen LogP contribution in [0.1, 0.15) is 25.0 Å². The number of likely N-dealkylation sites (N-methyl/N-ethyl adjacent to an activating group) is 1. The standard InChI is InChI=1S/C27H33N5O2/c1-4-20-12-14-22(15-13-20)31-17-19(2)18-32-23-24(28-26(31)32)29(3)27(34)30(25(23)33)16-8-11-21-9-6-5-7-10-21/h5-15,19,23-24,26,28H,4,16-18H2,1-3H3/b11-8+. The van der Waals surface area contributed by atoms with E-state index in [0.717, 1.165) is 30.8 Å². The molecule has 3 aliphatic heterocycles. The number of hydrogen-bond acceptors (Lipinski definition) is 5. The Morgan fingerprint density at radius 2 is 1.76 bits per heavy atom. The highest BCUT2D eigenvalue weighted by atomic mass is 16.2. The molecule has 0 aromatic heterocycles. The number of amides is 3. The summed E-state index contributed by atoms with van der Waals surface area (Å²) in [5, 5.41) is 3.60. The fourth-order valence-electron chi connectivity index (χ4n) is 5.37. The lowest BCUT2D eigenvalue weighted by molar-refractivity contribution is -0.138. The van der Waals surface area contributed by atoms with Gasteiger partial charge in [-0.2, -0.15) is 0 Å². The summed E-state index contributed by atoms with van der Waals surface area (Å²) in [6.07, 6.45) is 4.37. The van der Waals surface area contributed by atoms with Crippen LogP contribution in [0.5, 0.6) is 0 Å². The summed E-state index contributed by atoms with van der Waals surface area (Å²) in [5.74, 6) is 0.265. The summed E-state index contributed by atoms with van der Waals surface area (Å²) in [6.45, 7) is 6.34. The second kappa shape index (κ2) is 9.24. The van der Waals surface area contributed by atoms with E-state index >= 15 is 0 Å². The smallest absolute Gasteiger partial charge is 0.328 e. The van der Waals surface area contributed by atoms with Crippen LogP contribution in [0.4, 0.5) is 10.5 Å². The van der Waals surface area contributed by atoms with Crippen molar-refractivity contribution in [2.75, 3.05) is 31.6 Å². The number of aryl methyl sites for hydroxylation is 1. The Labute approximate surface area is 201 Å². The number of rotatable bonds is 5. The maximum absolute atomic E-state index is 13.6. The number of fused-ring (bicyclic) bond motifs is 3. The normalized spacial score (nSPS) is 27.4. The molecule has 178 valence electrons. The highest BCUT2D eigenvalue weighted by molar-refractivity contribution is 6.00. The van der Waals surface area contributed by atoms with Gasteiger partial charge in [0.25, 0.3) is 5.91 Å². The number of anilines is 1. The molecule has 2 aromatic carbocycles. The van der Waals surface area contributed by atoms with Crippen LogP contribution in [0.15, 0.2) is 60.7 Å². The van der Waals surface area contributed by atoms with Crippen molar-refractivity contribution in [3.05, 3.63) is 71.8 Å². The number of urea groups is 1. The molecule has 5 rings (SSSR count). The van der Waals surface area contributed by atoms with Crippen LogP contribution in [-0.2, 0) is 11.2 Å². The molecular formula is C27H33N5O2. The molecule has 4 atom stereocenters. The predicted molar refractivity (Wildman–Crippen MR) is 134 cm³/mol. The van der Waals surface area contributed by atoms with Crippen molar-refractivity contribution in [1.82, 2.24) is 20.0 Å². The van der Waals surface area contributed by atoms with Crippen LogP contribution in [0.3, 0.4) is 0 Å². The summed E-state index contributed by atoms with van der Waals surface area (Å²) < 4.78 is 0. The minimum absolute atomic E-state index is 0.127. The van der Waals surface area contributed by atoms with Crippen LogP contribution in [0, 0.1) is 5.92 Å². The molecular weight excluding hydrogens is 426 g/mol. The molecule has 1 N–H and O–H groups in total. The molecule has 0 bridgehead atoms. The Hall–Kier alpha value is -3.16. The third-order valence-corrected chi connectivity index (χ3v) is 7.16. The van der Waals surface area contributed by atoms with Gasteiger partial charge in [-0.3, -0.25) is 19.9 Å². The fraction of sp³-hybridized carbons (Fsp3) is 0.407. The highest BCUT2D eigenvalue weighted by Gasteiger charge is 2.56. The molecule has 3 aliphatic rings. The van der Waals surface area contributed by atoms with Gasteiger partial charge in [0, 0.05) is 32.4 Å². The van der Waals surface area contributed by atoms with E-state index in [2.05, 4.69) is 53.2 Å². The van der Waals surface area contributed by atoms with Gasteiger partial charge in [-0.15, -0.1) is 0 Å². The summed E-state index contributed by atoms with van der Waals surface area (Å²) in [4.78, 5) is 34.4. The van der Waals surface area contributed by atoms with E-state index in [4.69, 9.17) is 0 Å². The molecule has 3 saturated heterocycles. The number of nitrogens with one attached hydrogen (secondary N) is 1. The fourth-order valence-corrected chi connectivity index (χ4v) is 5.37. The molecule has 7 heteroatoms. The molecule has 0 saturated carbocycles. The van der Waals surface area contributed by atoms with E-state index < -0.39 is 6.04 Å². The maximum atomic E-state index is 13.6. The second-order valence-electron chi connectivity index (χ2n) is 9.56. The van der Waals surface area contributed by atoms with Gasteiger partial charge in [0.15, 0.2) is 0 Å². The first kappa shape index (κ1) is 22.6. The molecule has 2 aromatic rings. The van der Waals surface area contributed by atoms with Crippen LogP contribution in [0.25, 0.3) is 6.08 Å². The third-order valence-electron chi connectivity index (χ3n) is 7.16. The first-order chi connectivity index (χ1) is 16.5. The van der Waals surface area contributed by atoms with Gasteiger partial charge in [0.2, 0.25) is 0 Å². The topological polar surface area (TPSA) is 59.1 Å². The van der Waals surface area contributed by atoms with Gasteiger partial charge < -0.3 is 9.80 Å². The predicted octanol–water partition coefficient (Wildman–Crippen LogP) is 3.20. The van der Waals surface area contributed by atoms with Gasteiger partial charge >= 0.3 is 6.03 Å². The van der Waals surface area contributed by atoms with Crippen LogP contribution < -0.4 is 10.2 Å². The molecule has 4 unspecified atom stereocenters. The second-order valence-corrected chi connectivity index (χ2v) is 9.56. The summed E-state index contributed by atoms with van der Waals surface area (Å²) in [6, 6.07) is 17.9. The third kappa shape index (κ3) is 3.99. The molecule has 0 spiro atoms. The molecule has 0 aliphatic carbocycles. The number of hydrogen-bond donors (Lipinski definition) is 1. The van der Waals surface area contributed by atoms with Gasteiger partial charge in [-0.1, -0.05) is 68.5 Å². The van der Waals surface area contributed by atoms with E-state index in [-0.39, 0.29) is 30.9 Å². The minimum Gasteiger partial charge on any atom is -0.343 e. The zero-order chi connectivity index (χ0) is 23.8. The Kier molecular flexibility index (Phi) is 6.15. The zero-order valence-corrected chi connectivity index (χ0v) is 20.1. The molecule has 3 amide bonds. The number of benzene rings is 2. The SMILES string of the molecule is CCc1ccc(N2CC(C)CN3C4C(=O)N(C/C=C/c5ccccc5)C(=O)N(C)C4NC23)cc1. The van der Waals surface area contributed by atoms with Gasteiger partial charge in [-0.25, -0.2) is 4.79 Å². The van der Waals surface area contributed by atoms with Crippen molar-refractivity contribution in [2.24, 2.45) is 5.92 Å². The monoisotopic (exact) mass is 459 g/mol. The van der Waals surface area contributed by atoms with Crippen molar-refractivity contribution in [3.8, 4) is 0 Å². The highest BCUT2D eigenvalue weighted by Crippen LogP contribution is 2.34. The Morgan fingerprint density at radius 3 is 2.47 bits per heavy atom. The van der Waals surface area contributed by atoms with Crippen LogP contribution in [-0.4, -0.2) is 71.8 Å². The summed E-state index contributed by atoms with van der Waals surface area (Å²) in [7, 11) is 1.79. The maximum Gasteiger partial charge on any atom is 0.328 e. The molecule has 0 radical (unpaired) electrons. The van der Waals surface area contributed by atoms with E-state index in [0.29, 0.717) is 5.92 Å². The Morgan fingerprint density at radius 1 is 1.03 bits per heavy atom. The van der Waals surface area contributed by atoms with Crippen molar-refractivity contribution in [3.63, 3.8) is 0 Å². The molecule has 7 nitrogen and oxygen atoms in total. The van der Waals surface area contributed by atoms with E-state index in [1.54, 1.807) is 11.9 Å². The minimum atomic E-state index is -0.405. The first-order valence-corrected chi connectivity index (χ1v) is 12.1. The van der Waals surface area contributed by atoms with Gasteiger partial charge in [0.05, 0.1) is 0 Å². The number of nitrogens with zero attached hydrogens (tertiary/aromatic N) is 4. The van der Waals surface area contributed by atoms with E-state index in [1.165, 1.54) is 10.5 Å². The van der Waals surface area contributed by atoms with Crippen LogP contribution in [0.2, 0.25) is 0 Å². The number of imide groups is 1. The average Bonchev–Trinajstić information content (AvgIpc) is 3.24. The van der Waals surface area contributed by atoms with Gasteiger partial charge in [0.1, 0.15) is 18.5 Å². The quantitative estimate of drug-likeness (QED) is 0.744. The Balaban J connectivity index is 1.39. The van der Waals surface area contributed by atoms with Crippen molar-refractivity contribution in [2.45, 2.75) is 38.8 Å². The average molecular weight is 460 g/mol. The lowest BCUT2D eigenvalue weighted by Gasteiger charge is -2.46. The molecule has 3 heterocycles. The lowest BCUT2D eigenvalue weighted by atomic mass is 10.0. The van der Waals surface area contributed by atoms with Crippen molar-refractivity contribution in [1.29, 1.82) is 0 Å². The van der Waals surface area contributed by atoms with Crippen molar-refractivity contribution >= 4 is 23.7 Å². The van der Waals surface area contributed by atoms with Crippen LogP contribution >= 0.6 is 0 Å². The molecule has 34 heavy (non-hydrogen) atoms.